The lowest BCUT2D eigenvalue weighted by molar-refractivity contribution is -0.191. The van der Waals surface area contributed by atoms with Crippen LogP contribution in [0.4, 0.5) is 0 Å². The molecule has 2 unspecified atom stereocenters. The van der Waals surface area contributed by atoms with E-state index < -0.39 is 0 Å². The summed E-state index contributed by atoms with van der Waals surface area (Å²) < 4.78 is 0. The number of rotatable bonds is 5. The maximum Gasteiger partial charge on any atom is 0.328 e. The SMILES string of the molecule is C#CCN(CC=C)OC(=O)C1CCc2cc(O)ccc2C1C. The Labute approximate surface area is 131 Å². The summed E-state index contributed by atoms with van der Waals surface area (Å²) in [5, 5.41) is 11.0. The smallest absolute Gasteiger partial charge is 0.328 e. The van der Waals surface area contributed by atoms with Crippen LogP contribution >= 0.6 is 0 Å². The van der Waals surface area contributed by atoms with Gasteiger partial charge in [-0.25, -0.2) is 0 Å². The van der Waals surface area contributed by atoms with Gasteiger partial charge in [-0.1, -0.05) is 25.0 Å². The monoisotopic (exact) mass is 299 g/mol. The van der Waals surface area contributed by atoms with Crippen LogP contribution in [-0.2, 0) is 16.1 Å². The van der Waals surface area contributed by atoms with Gasteiger partial charge in [0.25, 0.3) is 0 Å². The molecule has 0 bridgehead atoms. The zero-order valence-corrected chi connectivity index (χ0v) is 12.8. The third kappa shape index (κ3) is 3.49. The molecule has 0 saturated carbocycles. The molecule has 116 valence electrons. The quantitative estimate of drug-likeness (QED) is 0.516. The Balaban J connectivity index is 2.10. The molecule has 4 heteroatoms. The second kappa shape index (κ2) is 7.15. The molecule has 0 amide bonds. The van der Waals surface area contributed by atoms with Crippen LogP contribution in [0.3, 0.4) is 0 Å². The van der Waals surface area contributed by atoms with Gasteiger partial charge in [0.05, 0.1) is 19.0 Å². The summed E-state index contributed by atoms with van der Waals surface area (Å²) in [4.78, 5) is 17.8. The van der Waals surface area contributed by atoms with Gasteiger partial charge in [0.2, 0.25) is 0 Å². The molecule has 0 radical (unpaired) electrons. The highest BCUT2D eigenvalue weighted by atomic mass is 16.7. The molecule has 1 aliphatic carbocycles. The molecule has 0 heterocycles. The highest BCUT2D eigenvalue weighted by Gasteiger charge is 2.33. The van der Waals surface area contributed by atoms with Crippen LogP contribution in [-0.4, -0.2) is 29.2 Å². The highest BCUT2D eigenvalue weighted by Crippen LogP contribution is 2.38. The molecule has 2 rings (SSSR count). The van der Waals surface area contributed by atoms with Crippen LogP contribution in [0, 0.1) is 18.3 Å². The fraction of sp³-hybridized carbons (Fsp3) is 0.389. The fourth-order valence-electron chi connectivity index (χ4n) is 2.93. The predicted molar refractivity (Wildman–Crippen MR) is 85.0 cm³/mol. The topological polar surface area (TPSA) is 49.8 Å². The first-order chi connectivity index (χ1) is 10.6. The summed E-state index contributed by atoms with van der Waals surface area (Å²) in [5.41, 5.74) is 2.20. The molecule has 1 aliphatic rings. The van der Waals surface area contributed by atoms with Gasteiger partial charge in [-0.15, -0.1) is 18.1 Å². The zero-order valence-electron chi connectivity index (χ0n) is 12.8. The predicted octanol–water partition coefficient (Wildman–Crippen LogP) is 2.64. The fourth-order valence-corrected chi connectivity index (χ4v) is 2.93. The second-order valence-electron chi connectivity index (χ2n) is 5.54. The molecule has 4 nitrogen and oxygen atoms in total. The van der Waals surface area contributed by atoms with Crippen LogP contribution in [0.2, 0.25) is 0 Å². The van der Waals surface area contributed by atoms with Gasteiger partial charge in [0.1, 0.15) is 5.75 Å². The van der Waals surface area contributed by atoms with E-state index in [0.29, 0.717) is 13.0 Å². The molecular weight excluding hydrogens is 278 g/mol. The average molecular weight is 299 g/mol. The first-order valence-electron chi connectivity index (χ1n) is 7.39. The summed E-state index contributed by atoms with van der Waals surface area (Å²) in [6.45, 7) is 6.29. The summed E-state index contributed by atoms with van der Waals surface area (Å²) in [6, 6.07) is 5.32. The minimum absolute atomic E-state index is 0.0493. The van der Waals surface area contributed by atoms with Crippen molar-refractivity contribution in [2.45, 2.75) is 25.7 Å². The number of fused-ring (bicyclic) bond motifs is 1. The maximum atomic E-state index is 12.4. The molecule has 1 N–H and O–H groups in total. The lowest BCUT2D eigenvalue weighted by Crippen LogP contribution is -2.34. The van der Waals surface area contributed by atoms with Crippen LogP contribution in [0.15, 0.2) is 30.9 Å². The number of phenolic OH excluding ortho intramolecular Hbond substituents is 1. The Kier molecular flexibility index (Phi) is 5.24. The van der Waals surface area contributed by atoms with Crippen molar-refractivity contribution in [1.29, 1.82) is 0 Å². The second-order valence-corrected chi connectivity index (χ2v) is 5.54. The van der Waals surface area contributed by atoms with E-state index in [1.165, 1.54) is 5.06 Å². The van der Waals surface area contributed by atoms with Crippen molar-refractivity contribution >= 4 is 5.97 Å². The van der Waals surface area contributed by atoms with Crippen molar-refractivity contribution in [2.75, 3.05) is 13.1 Å². The molecule has 22 heavy (non-hydrogen) atoms. The minimum Gasteiger partial charge on any atom is -0.508 e. The summed E-state index contributed by atoms with van der Waals surface area (Å²) in [6.07, 6.45) is 8.38. The number of aromatic hydroxyl groups is 1. The van der Waals surface area contributed by atoms with Crippen LogP contribution in [0.1, 0.15) is 30.4 Å². The van der Waals surface area contributed by atoms with Gasteiger partial charge in [-0.3, -0.25) is 4.79 Å². The molecule has 2 atom stereocenters. The normalized spacial score (nSPS) is 20.0. The van der Waals surface area contributed by atoms with E-state index in [9.17, 15) is 9.90 Å². The Morgan fingerprint density at radius 3 is 3.09 bits per heavy atom. The lowest BCUT2D eigenvalue weighted by atomic mass is 9.76. The van der Waals surface area contributed by atoms with E-state index in [1.54, 1.807) is 18.2 Å². The molecule has 0 saturated heterocycles. The largest absolute Gasteiger partial charge is 0.508 e. The molecule has 0 spiro atoms. The van der Waals surface area contributed by atoms with E-state index in [4.69, 9.17) is 11.3 Å². The number of phenols is 1. The van der Waals surface area contributed by atoms with E-state index >= 15 is 0 Å². The van der Waals surface area contributed by atoms with Crippen LogP contribution < -0.4 is 0 Å². The van der Waals surface area contributed by atoms with Gasteiger partial charge < -0.3 is 9.94 Å². The van der Waals surface area contributed by atoms with E-state index in [-0.39, 0.29) is 30.1 Å². The molecule has 1 aromatic carbocycles. The Hall–Kier alpha value is -2.25. The molecule has 0 fully saturated rings. The molecular formula is C18H21NO3. The average Bonchev–Trinajstić information content (AvgIpc) is 2.47. The number of hydrogen-bond acceptors (Lipinski definition) is 4. The van der Waals surface area contributed by atoms with E-state index in [0.717, 1.165) is 17.5 Å². The third-order valence-electron chi connectivity index (χ3n) is 4.07. The number of carbonyl (C=O) groups excluding carboxylic acids is 1. The van der Waals surface area contributed by atoms with Crippen molar-refractivity contribution in [3.8, 4) is 18.1 Å². The third-order valence-corrected chi connectivity index (χ3v) is 4.07. The minimum atomic E-state index is -0.261. The van der Waals surface area contributed by atoms with Gasteiger partial charge >= 0.3 is 5.97 Å². The Morgan fingerprint density at radius 1 is 1.64 bits per heavy atom. The first kappa shape index (κ1) is 16.1. The lowest BCUT2D eigenvalue weighted by Gasteiger charge is -2.31. The maximum absolute atomic E-state index is 12.4. The number of benzene rings is 1. The van der Waals surface area contributed by atoms with Crippen LogP contribution in [0.25, 0.3) is 0 Å². The van der Waals surface area contributed by atoms with E-state index in [2.05, 4.69) is 12.5 Å². The number of terminal acetylenes is 1. The van der Waals surface area contributed by atoms with Gasteiger partial charge in [-0.2, -0.15) is 0 Å². The number of carbonyl (C=O) groups is 1. The van der Waals surface area contributed by atoms with Crippen LogP contribution in [0.5, 0.6) is 5.75 Å². The number of nitrogens with zero attached hydrogens (tertiary/aromatic N) is 1. The van der Waals surface area contributed by atoms with Crippen molar-refractivity contribution < 1.29 is 14.7 Å². The van der Waals surface area contributed by atoms with Crippen molar-refractivity contribution in [3.63, 3.8) is 0 Å². The van der Waals surface area contributed by atoms with Gasteiger partial charge in [0, 0.05) is 0 Å². The number of hydrogen-bond donors (Lipinski definition) is 1. The highest BCUT2D eigenvalue weighted by molar-refractivity contribution is 5.74. The van der Waals surface area contributed by atoms with Gasteiger partial charge in [-0.05, 0) is 42.0 Å². The molecule has 1 aromatic rings. The van der Waals surface area contributed by atoms with E-state index in [1.807, 2.05) is 13.0 Å². The Bertz CT molecular complexity index is 603. The van der Waals surface area contributed by atoms with Crippen molar-refractivity contribution in [2.24, 2.45) is 5.92 Å². The van der Waals surface area contributed by atoms with Crippen molar-refractivity contribution in [3.05, 3.63) is 42.0 Å². The summed E-state index contributed by atoms with van der Waals surface area (Å²) in [7, 11) is 0. The molecule has 0 aromatic heterocycles. The molecule has 0 aliphatic heterocycles. The standard InChI is InChI=1S/C18H21NO3/c1-4-10-19(11-5-2)22-18(21)17-8-6-14-12-15(20)7-9-16(14)13(17)3/h1,5,7,9,12-13,17,20H,2,6,8,10-11H2,3H3. The zero-order chi connectivity index (χ0) is 16.1. The first-order valence-corrected chi connectivity index (χ1v) is 7.39. The summed E-state index contributed by atoms with van der Waals surface area (Å²) >= 11 is 0. The van der Waals surface area contributed by atoms with Gasteiger partial charge in [0.15, 0.2) is 0 Å². The van der Waals surface area contributed by atoms with Crippen molar-refractivity contribution in [1.82, 2.24) is 5.06 Å². The number of aryl methyl sites for hydroxylation is 1. The number of hydroxylamine groups is 2. The summed E-state index contributed by atoms with van der Waals surface area (Å²) in [5.74, 6) is 2.31. The Morgan fingerprint density at radius 2 is 2.41 bits per heavy atom.